The van der Waals surface area contributed by atoms with Crippen LogP contribution in [0.15, 0.2) is 34.3 Å². The maximum absolute atomic E-state index is 11.0. The number of aromatic nitrogens is 3. The zero-order chi connectivity index (χ0) is 16.5. The van der Waals surface area contributed by atoms with Gasteiger partial charge >= 0.3 is 5.69 Å². The van der Waals surface area contributed by atoms with Crippen LogP contribution in [0, 0.1) is 0 Å². The van der Waals surface area contributed by atoms with Crippen LogP contribution in [0.25, 0.3) is 0 Å². The maximum Gasteiger partial charge on any atom is 0.363 e. The Morgan fingerprint density at radius 2 is 2.26 bits per heavy atom. The molecule has 0 radical (unpaired) electrons. The van der Waals surface area contributed by atoms with Crippen LogP contribution >= 0.6 is 0 Å². The summed E-state index contributed by atoms with van der Waals surface area (Å²) in [6.45, 7) is 2.77. The molecule has 2 rings (SSSR count). The fourth-order valence-electron chi connectivity index (χ4n) is 1.75. The van der Waals surface area contributed by atoms with Gasteiger partial charge < -0.3 is 9.47 Å². The molecule has 8 nitrogen and oxygen atoms in total. The number of nitrogens with zero attached hydrogens (tertiary/aromatic N) is 3. The van der Waals surface area contributed by atoms with E-state index in [-0.39, 0.29) is 5.82 Å². The summed E-state index contributed by atoms with van der Waals surface area (Å²) in [6.07, 6.45) is 5.02. The molecule has 0 aliphatic carbocycles. The Bertz CT molecular complexity index is 714. The number of aromatic amines is 1. The molecule has 0 aliphatic heterocycles. The molecule has 0 fully saturated rings. The van der Waals surface area contributed by atoms with E-state index in [0.29, 0.717) is 18.1 Å². The van der Waals surface area contributed by atoms with Crippen LogP contribution in [-0.2, 0) is 0 Å². The van der Waals surface area contributed by atoms with E-state index in [2.05, 4.69) is 32.6 Å². The number of rotatable bonds is 8. The Balaban J connectivity index is 2.02. The second-order valence-corrected chi connectivity index (χ2v) is 4.65. The smallest absolute Gasteiger partial charge is 0.363 e. The van der Waals surface area contributed by atoms with Crippen LogP contribution in [0.3, 0.4) is 0 Å². The van der Waals surface area contributed by atoms with Gasteiger partial charge in [-0.3, -0.25) is 5.43 Å². The molecule has 0 unspecified atom stereocenters. The van der Waals surface area contributed by atoms with Crippen molar-refractivity contribution in [1.82, 2.24) is 15.2 Å². The average molecular weight is 317 g/mol. The lowest BCUT2D eigenvalue weighted by Gasteiger charge is -2.10. The molecule has 1 aromatic carbocycles. The van der Waals surface area contributed by atoms with Crippen molar-refractivity contribution in [3.8, 4) is 11.5 Å². The molecule has 23 heavy (non-hydrogen) atoms. The van der Waals surface area contributed by atoms with Gasteiger partial charge in [-0.1, -0.05) is 13.3 Å². The molecular weight excluding hydrogens is 298 g/mol. The number of benzene rings is 1. The predicted octanol–water partition coefficient (Wildman–Crippen LogP) is 1.80. The summed E-state index contributed by atoms with van der Waals surface area (Å²) < 4.78 is 11.0. The lowest BCUT2D eigenvalue weighted by Crippen LogP contribution is -2.13. The van der Waals surface area contributed by atoms with Crippen molar-refractivity contribution in [3.05, 3.63) is 40.4 Å². The van der Waals surface area contributed by atoms with Crippen molar-refractivity contribution in [2.75, 3.05) is 19.1 Å². The minimum Gasteiger partial charge on any atom is -0.493 e. The Morgan fingerprint density at radius 3 is 3.00 bits per heavy atom. The summed E-state index contributed by atoms with van der Waals surface area (Å²) in [5, 5.41) is 9.80. The zero-order valence-corrected chi connectivity index (χ0v) is 13.1. The third-order valence-corrected chi connectivity index (χ3v) is 2.90. The summed E-state index contributed by atoms with van der Waals surface area (Å²) in [7, 11) is 1.59. The number of hydrogen-bond acceptors (Lipinski definition) is 7. The fraction of sp³-hybridized carbons (Fsp3) is 0.333. The highest BCUT2D eigenvalue weighted by Crippen LogP contribution is 2.27. The monoisotopic (exact) mass is 317 g/mol. The van der Waals surface area contributed by atoms with Crippen LogP contribution in [0.2, 0.25) is 0 Å². The quantitative estimate of drug-likeness (QED) is 0.437. The van der Waals surface area contributed by atoms with E-state index < -0.39 is 5.69 Å². The highest BCUT2D eigenvalue weighted by atomic mass is 16.5. The molecule has 0 atom stereocenters. The van der Waals surface area contributed by atoms with Crippen LogP contribution in [0.1, 0.15) is 25.3 Å². The number of anilines is 1. The second kappa shape index (κ2) is 8.52. The SMILES string of the molecule is CCCCOc1ccc(/C=N\Nc2cn[nH]c(=O)n2)cc1OC. The molecular formula is C15H19N5O3. The number of hydrogen-bond donors (Lipinski definition) is 2. The minimum absolute atomic E-state index is 0.261. The Hall–Kier alpha value is -2.90. The van der Waals surface area contributed by atoms with E-state index in [1.165, 1.54) is 6.20 Å². The molecule has 1 aromatic heterocycles. The summed E-state index contributed by atoms with van der Waals surface area (Å²) in [6, 6.07) is 5.51. The van der Waals surface area contributed by atoms with E-state index >= 15 is 0 Å². The van der Waals surface area contributed by atoms with Gasteiger partial charge in [-0.25, -0.2) is 9.89 Å². The summed E-state index contributed by atoms with van der Waals surface area (Å²) >= 11 is 0. The molecule has 2 aromatic rings. The average Bonchev–Trinajstić information content (AvgIpc) is 2.56. The molecule has 2 N–H and O–H groups in total. The molecule has 0 saturated heterocycles. The van der Waals surface area contributed by atoms with Crippen LogP contribution < -0.4 is 20.6 Å². The molecule has 1 heterocycles. The minimum atomic E-state index is -0.541. The number of unbranched alkanes of at least 4 members (excludes halogenated alkanes) is 1. The Morgan fingerprint density at radius 1 is 1.39 bits per heavy atom. The predicted molar refractivity (Wildman–Crippen MR) is 87.3 cm³/mol. The van der Waals surface area contributed by atoms with Crippen molar-refractivity contribution in [2.24, 2.45) is 5.10 Å². The number of H-pyrrole nitrogens is 1. The highest BCUT2D eigenvalue weighted by Gasteiger charge is 2.04. The zero-order valence-electron chi connectivity index (χ0n) is 13.1. The van der Waals surface area contributed by atoms with Crippen molar-refractivity contribution in [1.29, 1.82) is 0 Å². The Labute approximate surface area is 133 Å². The number of ether oxygens (including phenoxy) is 2. The second-order valence-electron chi connectivity index (χ2n) is 4.65. The summed E-state index contributed by atoms with van der Waals surface area (Å²) in [5.41, 5.74) is 2.91. The number of hydrazone groups is 1. The van der Waals surface area contributed by atoms with E-state index in [1.807, 2.05) is 18.2 Å². The standard InChI is InChI=1S/C15H19N5O3/c1-3-4-7-23-12-6-5-11(8-13(12)22-2)9-16-19-14-10-17-20-15(21)18-14/h5-6,8-10H,3-4,7H2,1-2H3,(H2,18,19,20,21)/b16-9-. The number of methoxy groups -OCH3 is 1. The first-order valence-electron chi connectivity index (χ1n) is 7.24. The first-order valence-corrected chi connectivity index (χ1v) is 7.24. The van der Waals surface area contributed by atoms with Gasteiger partial charge in [0.25, 0.3) is 0 Å². The van der Waals surface area contributed by atoms with Crippen molar-refractivity contribution in [3.63, 3.8) is 0 Å². The molecule has 0 aliphatic rings. The summed E-state index contributed by atoms with van der Waals surface area (Å²) in [5.74, 6) is 1.60. The van der Waals surface area contributed by atoms with Gasteiger partial charge in [-0.2, -0.15) is 15.2 Å². The van der Waals surface area contributed by atoms with E-state index in [1.54, 1.807) is 13.3 Å². The van der Waals surface area contributed by atoms with Gasteiger partial charge in [0, 0.05) is 0 Å². The van der Waals surface area contributed by atoms with Crippen LogP contribution in [0.4, 0.5) is 5.82 Å². The third-order valence-electron chi connectivity index (χ3n) is 2.90. The first-order chi connectivity index (χ1) is 11.2. The van der Waals surface area contributed by atoms with Crippen LogP contribution in [-0.4, -0.2) is 35.1 Å². The molecule has 0 spiro atoms. The van der Waals surface area contributed by atoms with E-state index in [9.17, 15) is 4.79 Å². The normalized spacial score (nSPS) is 10.7. The van der Waals surface area contributed by atoms with Gasteiger partial charge in [-0.05, 0) is 30.2 Å². The van der Waals surface area contributed by atoms with Crippen LogP contribution in [0.5, 0.6) is 11.5 Å². The van der Waals surface area contributed by atoms with Crippen molar-refractivity contribution >= 4 is 12.0 Å². The van der Waals surface area contributed by atoms with Crippen molar-refractivity contribution in [2.45, 2.75) is 19.8 Å². The highest BCUT2D eigenvalue weighted by molar-refractivity contribution is 5.81. The van der Waals surface area contributed by atoms with Gasteiger partial charge in [-0.15, -0.1) is 0 Å². The van der Waals surface area contributed by atoms with E-state index in [4.69, 9.17) is 9.47 Å². The molecule has 0 amide bonds. The van der Waals surface area contributed by atoms with Gasteiger partial charge in [0.1, 0.15) is 0 Å². The molecule has 0 bridgehead atoms. The van der Waals surface area contributed by atoms with Gasteiger partial charge in [0.2, 0.25) is 0 Å². The molecule has 8 heteroatoms. The fourth-order valence-corrected chi connectivity index (χ4v) is 1.75. The number of nitrogens with one attached hydrogen (secondary N) is 2. The molecule has 122 valence electrons. The first kappa shape index (κ1) is 16.5. The summed E-state index contributed by atoms with van der Waals surface area (Å²) in [4.78, 5) is 14.7. The Kier molecular flexibility index (Phi) is 6.10. The van der Waals surface area contributed by atoms with Crippen molar-refractivity contribution < 1.29 is 9.47 Å². The lowest BCUT2D eigenvalue weighted by atomic mass is 10.2. The molecule has 0 saturated carbocycles. The van der Waals surface area contributed by atoms with Gasteiger partial charge in [0.15, 0.2) is 17.3 Å². The van der Waals surface area contributed by atoms with E-state index in [0.717, 1.165) is 18.4 Å². The largest absolute Gasteiger partial charge is 0.493 e. The maximum atomic E-state index is 11.0. The topological polar surface area (TPSA) is 101 Å². The lowest BCUT2D eigenvalue weighted by molar-refractivity contribution is 0.288. The third kappa shape index (κ3) is 5.10. The van der Waals surface area contributed by atoms with Gasteiger partial charge in [0.05, 0.1) is 26.1 Å².